The Hall–Kier alpha value is -1.32. The molecule has 2 unspecified atom stereocenters. The summed E-state index contributed by atoms with van der Waals surface area (Å²) in [4.78, 5) is 0. The third-order valence-corrected chi connectivity index (χ3v) is 4.79. The maximum Gasteiger partial charge on any atom is 0.134 e. The van der Waals surface area contributed by atoms with Crippen LogP contribution in [0.25, 0.3) is 11.0 Å². The zero-order chi connectivity index (χ0) is 12.9. The number of aliphatic hydroxyl groups is 1. The van der Waals surface area contributed by atoms with E-state index in [0.717, 1.165) is 43.6 Å². The van der Waals surface area contributed by atoms with Gasteiger partial charge < -0.3 is 14.8 Å². The third-order valence-electron chi connectivity index (χ3n) is 4.79. The highest BCUT2D eigenvalue weighted by atomic mass is 16.3. The van der Waals surface area contributed by atoms with Crippen molar-refractivity contribution in [3.05, 3.63) is 35.6 Å². The van der Waals surface area contributed by atoms with Gasteiger partial charge in [-0.15, -0.1) is 0 Å². The van der Waals surface area contributed by atoms with Crippen molar-refractivity contribution >= 4 is 11.0 Å². The molecule has 1 aliphatic heterocycles. The van der Waals surface area contributed by atoms with Crippen molar-refractivity contribution in [1.29, 1.82) is 0 Å². The summed E-state index contributed by atoms with van der Waals surface area (Å²) in [5.41, 5.74) is 1.58. The molecular weight excluding hydrogens is 238 g/mol. The molecule has 1 aliphatic carbocycles. The van der Waals surface area contributed by atoms with E-state index in [4.69, 9.17) is 4.42 Å². The first-order chi connectivity index (χ1) is 9.26. The van der Waals surface area contributed by atoms with Crippen molar-refractivity contribution in [2.45, 2.75) is 31.3 Å². The summed E-state index contributed by atoms with van der Waals surface area (Å²) in [6, 6.07) is 8.17. The zero-order valence-corrected chi connectivity index (χ0v) is 11.0. The summed E-state index contributed by atoms with van der Waals surface area (Å²) in [7, 11) is 0. The Balaban J connectivity index is 1.83. The third kappa shape index (κ3) is 1.72. The number of furan rings is 1. The molecule has 2 aromatic rings. The first-order valence-corrected chi connectivity index (χ1v) is 7.19. The monoisotopic (exact) mass is 257 g/mol. The molecule has 1 fully saturated rings. The molecule has 4 rings (SSSR count). The standard InChI is InChI=1S/C16H19NO2/c18-16-9-13-12-5-1-2-6-14(12)19-15(13)8-11(16)4-3-7-17-10-16/h1-2,5-6,11,17-18H,3-4,7-10H2. The molecule has 0 radical (unpaired) electrons. The topological polar surface area (TPSA) is 45.4 Å². The Bertz CT molecular complexity index is 618. The molecule has 0 bridgehead atoms. The Kier molecular flexibility index (Phi) is 2.47. The summed E-state index contributed by atoms with van der Waals surface area (Å²) < 4.78 is 5.99. The van der Waals surface area contributed by atoms with E-state index in [0.29, 0.717) is 12.5 Å². The number of hydrogen-bond donors (Lipinski definition) is 2. The number of benzene rings is 1. The maximum absolute atomic E-state index is 11.0. The Morgan fingerprint density at radius 1 is 1.32 bits per heavy atom. The molecule has 1 aromatic heterocycles. The number of fused-ring (bicyclic) bond motifs is 4. The van der Waals surface area contributed by atoms with Gasteiger partial charge in [-0.05, 0) is 31.4 Å². The Labute approximate surface area is 112 Å². The van der Waals surface area contributed by atoms with Gasteiger partial charge in [-0.2, -0.15) is 0 Å². The van der Waals surface area contributed by atoms with Crippen molar-refractivity contribution < 1.29 is 9.52 Å². The lowest BCUT2D eigenvalue weighted by molar-refractivity contribution is -0.0224. The first kappa shape index (κ1) is 11.5. The van der Waals surface area contributed by atoms with Crippen LogP contribution in [0.4, 0.5) is 0 Å². The molecule has 1 saturated heterocycles. The predicted octanol–water partition coefficient (Wildman–Crippen LogP) is 2.26. The van der Waals surface area contributed by atoms with Crippen LogP contribution in [0.1, 0.15) is 24.2 Å². The van der Waals surface area contributed by atoms with Crippen LogP contribution in [-0.2, 0) is 12.8 Å². The quantitative estimate of drug-likeness (QED) is 0.761. The van der Waals surface area contributed by atoms with Crippen LogP contribution in [0.5, 0.6) is 0 Å². The summed E-state index contributed by atoms with van der Waals surface area (Å²) in [5.74, 6) is 1.42. The molecule has 2 aliphatic rings. The maximum atomic E-state index is 11.0. The molecule has 1 aromatic carbocycles. The second-order valence-corrected chi connectivity index (χ2v) is 6.00. The fourth-order valence-corrected chi connectivity index (χ4v) is 3.73. The minimum atomic E-state index is -0.601. The van der Waals surface area contributed by atoms with Crippen LogP contribution in [0, 0.1) is 5.92 Å². The van der Waals surface area contributed by atoms with E-state index in [2.05, 4.69) is 11.4 Å². The largest absolute Gasteiger partial charge is 0.461 e. The Morgan fingerprint density at radius 3 is 3.16 bits per heavy atom. The van der Waals surface area contributed by atoms with Crippen molar-refractivity contribution in [3.8, 4) is 0 Å². The zero-order valence-electron chi connectivity index (χ0n) is 11.0. The van der Waals surface area contributed by atoms with E-state index in [1.807, 2.05) is 18.2 Å². The van der Waals surface area contributed by atoms with E-state index in [-0.39, 0.29) is 0 Å². The SMILES string of the molecule is OC12CNCCCC1Cc1oc3ccccc3c1C2. The van der Waals surface area contributed by atoms with Crippen molar-refractivity contribution in [2.24, 2.45) is 5.92 Å². The van der Waals surface area contributed by atoms with Crippen LogP contribution < -0.4 is 5.32 Å². The minimum absolute atomic E-state index is 0.329. The lowest BCUT2D eigenvalue weighted by Crippen LogP contribution is -2.49. The number of hydrogen-bond acceptors (Lipinski definition) is 3. The van der Waals surface area contributed by atoms with Gasteiger partial charge in [0.2, 0.25) is 0 Å². The van der Waals surface area contributed by atoms with Crippen LogP contribution in [0.15, 0.2) is 28.7 Å². The lowest BCUT2D eigenvalue weighted by Gasteiger charge is -2.38. The first-order valence-electron chi connectivity index (χ1n) is 7.19. The van der Waals surface area contributed by atoms with Crippen molar-refractivity contribution in [2.75, 3.05) is 13.1 Å². The van der Waals surface area contributed by atoms with E-state index in [9.17, 15) is 5.11 Å². The van der Waals surface area contributed by atoms with Crippen molar-refractivity contribution in [3.63, 3.8) is 0 Å². The highest BCUT2D eigenvalue weighted by Gasteiger charge is 2.43. The van der Waals surface area contributed by atoms with Gasteiger partial charge >= 0.3 is 0 Å². The normalized spacial score (nSPS) is 30.7. The fraction of sp³-hybridized carbons (Fsp3) is 0.500. The molecule has 0 amide bonds. The molecule has 3 nitrogen and oxygen atoms in total. The molecule has 3 heteroatoms. The van der Waals surface area contributed by atoms with E-state index in [1.165, 1.54) is 10.9 Å². The van der Waals surface area contributed by atoms with Crippen LogP contribution in [-0.4, -0.2) is 23.8 Å². The number of para-hydroxylation sites is 1. The van der Waals surface area contributed by atoms with Crippen LogP contribution in [0.2, 0.25) is 0 Å². The van der Waals surface area contributed by atoms with Gasteiger partial charge in [0.25, 0.3) is 0 Å². The molecule has 2 N–H and O–H groups in total. The van der Waals surface area contributed by atoms with Crippen LogP contribution in [0.3, 0.4) is 0 Å². The van der Waals surface area contributed by atoms with E-state index < -0.39 is 5.60 Å². The minimum Gasteiger partial charge on any atom is -0.461 e. The average molecular weight is 257 g/mol. The summed E-state index contributed by atoms with van der Waals surface area (Å²) in [5, 5.41) is 15.5. The predicted molar refractivity (Wildman–Crippen MR) is 74.2 cm³/mol. The van der Waals surface area contributed by atoms with Gasteiger partial charge in [0.15, 0.2) is 0 Å². The lowest BCUT2D eigenvalue weighted by atomic mass is 9.73. The van der Waals surface area contributed by atoms with Gasteiger partial charge in [-0.25, -0.2) is 0 Å². The molecule has 0 saturated carbocycles. The molecule has 0 spiro atoms. The van der Waals surface area contributed by atoms with Crippen molar-refractivity contribution in [1.82, 2.24) is 5.32 Å². The number of nitrogens with one attached hydrogen (secondary N) is 1. The highest BCUT2D eigenvalue weighted by Crippen LogP contribution is 2.41. The van der Waals surface area contributed by atoms with Crippen LogP contribution >= 0.6 is 0 Å². The summed E-state index contributed by atoms with van der Waals surface area (Å²) in [6.45, 7) is 1.72. The van der Waals surface area contributed by atoms with E-state index >= 15 is 0 Å². The van der Waals surface area contributed by atoms with Gasteiger partial charge in [0.1, 0.15) is 11.3 Å². The highest BCUT2D eigenvalue weighted by molar-refractivity contribution is 5.82. The van der Waals surface area contributed by atoms with Gasteiger partial charge in [-0.3, -0.25) is 0 Å². The average Bonchev–Trinajstić information content (AvgIpc) is 2.64. The smallest absolute Gasteiger partial charge is 0.134 e. The molecule has 2 atom stereocenters. The molecule has 19 heavy (non-hydrogen) atoms. The van der Waals surface area contributed by atoms with Gasteiger partial charge in [-0.1, -0.05) is 18.2 Å². The van der Waals surface area contributed by atoms with Gasteiger partial charge in [0.05, 0.1) is 5.60 Å². The van der Waals surface area contributed by atoms with E-state index in [1.54, 1.807) is 0 Å². The molecule has 100 valence electrons. The number of β-amino-alcohol motifs (C(OH)–C–C–N with tert-alkyl or cyclic N) is 1. The fourth-order valence-electron chi connectivity index (χ4n) is 3.73. The summed E-state index contributed by atoms with van der Waals surface area (Å²) >= 11 is 0. The second kappa shape index (κ2) is 4.09. The van der Waals surface area contributed by atoms with Gasteiger partial charge in [0, 0.05) is 30.3 Å². The Morgan fingerprint density at radius 2 is 2.21 bits per heavy atom. The summed E-state index contributed by atoms with van der Waals surface area (Å²) in [6.07, 6.45) is 3.82. The molecular formula is C16H19NO2. The molecule has 2 heterocycles. The number of rotatable bonds is 0. The second-order valence-electron chi connectivity index (χ2n) is 6.00.